The number of aryl methyl sites for hydroxylation is 1. The number of aromatic amines is 3. The Kier molecular flexibility index (Phi) is 5.60. The molecule has 0 bridgehead atoms. The molecule has 0 unspecified atom stereocenters. The van der Waals surface area contributed by atoms with Crippen LogP contribution in [0.4, 0.5) is 0 Å². The number of H-pyrrole nitrogens is 3. The van der Waals surface area contributed by atoms with Gasteiger partial charge in [0.25, 0.3) is 11.1 Å². The summed E-state index contributed by atoms with van der Waals surface area (Å²) in [5.74, 6) is 0. The third-order valence-electron chi connectivity index (χ3n) is 6.71. The van der Waals surface area contributed by atoms with Crippen molar-refractivity contribution < 1.29 is 0 Å². The Balaban J connectivity index is 1.53. The molecule has 5 aromatic rings. The number of nitrogens with one attached hydrogen (secondary N) is 3. The second kappa shape index (κ2) is 8.96. The Morgan fingerprint density at radius 1 is 0.919 bits per heavy atom. The van der Waals surface area contributed by atoms with E-state index in [9.17, 15) is 19.2 Å². The Bertz CT molecular complexity index is 1980. The summed E-state index contributed by atoms with van der Waals surface area (Å²) in [5, 5.41) is 5.96. The van der Waals surface area contributed by atoms with Gasteiger partial charge in [0.2, 0.25) is 4.80 Å². The predicted molar refractivity (Wildman–Crippen MR) is 141 cm³/mol. The molecule has 0 atom stereocenters. The molecular weight excluding hydrogens is 494 g/mol. The molecule has 3 N–H and O–H groups in total. The molecule has 11 nitrogen and oxygen atoms in total. The monoisotopic (exact) mass is 517 g/mol. The summed E-state index contributed by atoms with van der Waals surface area (Å²) in [7, 11) is 1.86. The lowest BCUT2D eigenvalue weighted by molar-refractivity contribution is 0.434. The van der Waals surface area contributed by atoms with E-state index in [2.05, 4.69) is 20.1 Å². The summed E-state index contributed by atoms with van der Waals surface area (Å²) in [4.78, 5) is 62.4. The zero-order chi connectivity index (χ0) is 25.7. The van der Waals surface area contributed by atoms with Crippen LogP contribution in [0, 0.1) is 0 Å². The number of benzene rings is 2. The standard InChI is InChI=1S/C25H23N7O4S/c1-31-25(26-14-5-3-2-4-6-14)37-22(30-31)13-7-9-17-19(11-13)32(24(36)29-21(17)34)15-8-10-16-18(12-15)27-23(35)28-20(16)33/h7-12,14H,2-6H2,1H3,(H,29,34,36)(H2,27,28,33,35). The molecule has 2 aromatic carbocycles. The van der Waals surface area contributed by atoms with Crippen LogP contribution in [-0.4, -0.2) is 35.3 Å². The third kappa shape index (κ3) is 4.18. The molecule has 0 aliphatic heterocycles. The van der Waals surface area contributed by atoms with Crippen LogP contribution in [-0.2, 0) is 7.05 Å². The van der Waals surface area contributed by atoms with E-state index in [1.54, 1.807) is 28.9 Å². The van der Waals surface area contributed by atoms with E-state index in [1.165, 1.54) is 47.3 Å². The minimum Gasteiger partial charge on any atom is -0.307 e. The number of aromatic nitrogens is 6. The van der Waals surface area contributed by atoms with Crippen LogP contribution in [0.1, 0.15) is 32.1 Å². The fourth-order valence-corrected chi connectivity index (χ4v) is 5.83. The fourth-order valence-electron chi connectivity index (χ4n) is 4.87. The van der Waals surface area contributed by atoms with Gasteiger partial charge in [-0.05, 0) is 43.2 Å². The zero-order valence-electron chi connectivity index (χ0n) is 19.9. The number of fused-ring (bicyclic) bond motifs is 2. The van der Waals surface area contributed by atoms with Crippen LogP contribution in [0.25, 0.3) is 38.1 Å². The van der Waals surface area contributed by atoms with Gasteiger partial charge in [-0.3, -0.25) is 29.1 Å². The van der Waals surface area contributed by atoms with Gasteiger partial charge in [0.15, 0.2) is 0 Å². The molecule has 1 fully saturated rings. The summed E-state index contributed by atoms with van der Waals surface area (Å²) in [6.07, 6.45) is 5.81. The van der Waals surface area contributed by atoms with Gasteiger partial charge < -0.3 is 4.98 Å². The maximum absolute atomic E-state index is 13.0. The number of hydrogen-bond acceptors (Lipinski definition) is 7. The first kappa shape index (κ1) is 23.1. The van der Waals surface area contributed by atoms with E-state index in [1.807, 2.05) is 7.05 Å². The topological polar surface area (TPSA) is 151 Å². The van der Waals surface area contributed by atoms with Gasteiger partial charge in [-0.25, -0.2) is 14.3 Å². The Hall–Kier alpha value is -4.32. The van der Waals surface area contributed by atoms with Crippen LogP contribution >= 0.6 is 11.3 Å². The van der Waals surface area contributed by atoms with Gasteiger partial charge in [-0.2, -0.15) is 5.10 Å². The molecule has 12 heteroatoms. The molecular formula is C25H23N7O4S. The molecule has 1 saturated carbocycles. The lowest BCUT2D eigenvalue weighted by Crippen LogP contribution is -2.29. The van der Waals surface area contributed by atoms with E-state index >= 15 is 0 Å². The van der Waals surface area contributed by atoms with E-state index < -0.39 is 22.5 Å². The summed E-state index contributed by atoms with van der Waals surface area (Å²) in [6, 6.07) is 10.2. The van der Waals surface area contributed by atoms with Gasteiger partial charge in [0, 0.05) is 12.6 Å². The van der Waals surface area contributed by atoms with Gasteiger partial charge in [-0.1, -0.05) is 36.7 Å². The maximum Gasteiger partial charge on any atom is 0.333 e. The predicted octanol–water partition coefficient (Wildman–Crippen LogP) is 1.90. The minimum atomic E-state index is -0.651. The second-order valence-corrected chi connectivity index (χ2v) is 10.2. The highest BCUT2D eigenvalue weighted by molar-refractivity contribution is 7.12. The summed E-state index contributed by atoms with van der Waals surface area (Å²) in [6.45, 7) is 0. The van der Waals surface area contributed by atoms with Gasteiger partial charge in [-0.15, -0.1) is 0 Å². The molecule has 3 heterocycles. The first-order valence-electron chi connectivity index (χ1n) is 12.0. The van der Waals surface area contributed by atoms with Crippen molar-refractivity contribution >= 4 is 33.1 Å². The van der Waals surface area contributed by atoms with E-state index in [0.717, 1.165) is 23.2 Å². The number of nitrogens with zero attached hydrogens (tertiary/aromatic N) is 4. The van der Waals surface area contributed by atoms with Crippen molar-refractivity contribution in [2.75, 3.05) is 0 Å². The van der Waals surface area contributed by atoms with Crippen molar-refractivity contribution in [3.63, 3.8) is 0 Å². The van der Waals surface area contributed by atoms with Gasteiger partial charge in [0.05, 0.1) is 33.5 Å². The van der Waals surface area contributed by atoms with Crippen LogP contribution in [0.3, 0.4) is 0 Å². The Labute approximate surface area is 211 Å². The highest BCUT2D eigenvalue weighted by Gasteiger charge is 2.16. The number of rotatable bonds is 3. The molecule has 1 aliphatic rings. The van der Waals surface area contributed by atoms with Crippen LogP contribution in [0.5, 0.6) is 0 Å². The molecule has 0 saturated heterocycles. The lowest BCUT2D eigenvalue weighted by atomic mass is 9.96. The quantitative estimate of drug-likeness (QED) is 0.334. The van der Waals surface area contributed by atoms with Crippen molar-refractivity contribution in [2.24, 2.45) is 12.0 Å². The van der Waals surface area contributed by atoms with E-state index in [-0.39, 0.29) is 10.9 Å². The van der Waals surface area contributed by atoms with Crippen LogP contribution in [0.15, 0.2) is 60.6 Å². The Morgan fingerprint density at radius 3 is 2.49 bits per heavy atom. The van der Waals surface area contributed by atoms with E-state index in [0.29, 0.717) is 27.6 Å². The molecule has 0 radical (unpaired) electrons. The van der Waals surface area contributed by atoms with Crippen LogP contribution in [0.2, 0.25) is 0 Å². The number of hydrogen-bond donors (Lipinski definition) is 3. The van der Waals surface area contributed by atoms with Crippen molar-refractivity contribution in [1.29, 1.82) is 0 Å². The average Bonchev–Trinajstić information content (AvgIpc) is 3.24. The molecule has 188 valence electrons. The molecule has 0 spiro atoms. The lowest BCUT2D eigenvalue weighted by Gasteiger charge is -2.16. The third-order valence-corrected chi connectivity index (χ3v) is 7.77. The molecule has 0 amide bonds. The minimum absolute atomic E-state index is 0.273. The largest absolute Gasteiger partial charge is 0.333 e. The van der Waals surface area contributed by atoms with Gasteiger partial charge in [0.1, 0.15) is 5.01 Å². The molecule has 6 rings (SSSR count). The first-order chi connectivity index (χ1) is 17.9. The van der Waals surface area contributed by atoms with Crippen molar-refractivity contribution in [1.82, 2.24) is 29.3 Å². The molecule has 37 heavy (non-hydrogen) atoms. The van der Waals surface area contributed by atoms with Crippen molar-refractivity contribution in [2.45, 2.75) is 38.1 Å². The smallest absolute Gasteiger partial charge is 0.307 e. The summed E-state index contributed by atoms with van der Waals surface area (Å²) in [5.41, 5.74) is -0.558. The highest BCUT2D eigenvalue weighted by atomic mass is 32.1. The zero-order valence-corrected chi connectivity index (χ0v) is 20.7. The SMILES string of the molecule is Cn1nc(-c2ccc3c(=O)[nH]c(=O)n(-c4ccc5c(=O)[nH]c(=O)[nH]c5c4)c3c2)sc1=NC1CCCCC1. The van der Waals surface area contributed by atoms with Crippen molar-refractivity contribution in [3.8, 4) is 16.3 Å². The molecule has 3 aromatic heterocycles. The first-order valence-corrected chi connectivity index (χ1v) is 12.8. The summed E-state index contributed by atoms with van der Waals surface area (Å²) >= 11 is 1.46. The van der Waals surface area contributed by atoms with Crippen LogP contribution < -0.4 is 27.3 Å². The Morgan fingerprint density at radius 2 is 1.68 bits per heavy atom. The van der Waals surface area contributed by atoms with Crippen molar-refractivity contribution in [3.05, 3.63) is 82.9 Å². The molecule has 1 aliphatic carbocycles. The maximum atomic E-state index is 13.0. The average molecular weight is 518 g/mol. The van der Waals surface area contributed by atoms with Gasteiger partial charge >= 0.3 is 11.4 Å². The fraction of sp³-hybridized carbons (Fsp3) is 0.280. The normalized spacial score (nSPS) is 15.1. The van der Waals surface area contributed by atoms with E-state index in [4.69, 9.17) is 4.99 Å². The highest BCUT2D eigenvalue weighted by Crippen LogP contribution is 2.25. The summed E-state index contributed by atoms with van der Waals surface area (Å²) < 4.78 is 3.11. The second-order valence-electron chi connectivity index (χ2n) is 9.20.